The minimum Gasteiger partial charge on any atom is -0.465 e. The summed E-state index contributed by atoms with van der Waals surface area (Å²) in [5, 5.41) is 9.59. The van der Waals surface area contributed by atoms with Gasteiger partial charge in [0.25, 0.3) is 0 Å². The van der Waals surface area contributed by atoms with E-state index in [-0.39, 0.29) is 11.2 Å². The van der Waals surface area contributed by atoms with E-state index < -0.39 is 0 Å². The van der Waals surface area contributed by atoms with Crippen molar-refractivity contribution in [2.24, 2.45) is 0 Å². The summed E-state index contributed by atoms with van der Waals surface area (Å²) in [7, 11) is 0. The number of carbonyl (C=O) groups excluding carboxylic acids is 1. The molecule has 8 heteroatoms. The number of thioether (sulfide) groups is 1. The van der Waals surface area contributed by atoms with Gasteiger partial charge in [-0.25, -0.2) is 0 Å². The molecule has 0 fully saturated rings. The van der Waals surface area contributed by atoms with E-state index in [0.29, 0.717) is 29.0 Å². The minimum atomic E-state index is -0.353. The maximum Gasteiger partial charge on any atom is 0.319 e. The van der Waals surface area contributed by atoms with Crippen LogP contribution >= 0.6 is 23.4 Å². The Morgan fingerprint density at radius 3 is 2.79 bits per heavy atom. The second-order valence-corrected chi connectivity index (χ2v) is 7.62. The number of aromatic nitrogens is 4. The molecule has 2 aromatic heterocycles. The zero-order valence-corrected chi connectivity index (χ0v) is 17.3. The van der Waals surface area contributed by atoms with Crippen LogP contribution in [0.5, 0.6) is 0 Å². The lowest BCUT2D eigenvalue weighted by molar-refractivity contribution is -0.142. The summed E-state index contributed by atoms with van der Waals surface area (Å²) in [5.41, 5.74) is 1.64. The lowest BCUT2D eigenvalue weighted by atomic mass is 10.2. The molecule has 0 saturated carbocycles. The van der Waals surface area contributed by atoms with E-state index >= 15 is 0 Å². The van der Waals surface area contributed by atoms with Gasteiger partial charge in [-0.1, -0.05) is 42.8 Å². The molecule has 3 rings (SSSR count). The van der Waals surface area contributed by atoms with Crippen molar-refractivity contribution in [2.45, 2.75) is 37.1 Å². The van der Waals surface area contributed by atoms with Crippen LogP contribution in [0, 0.1) is 0 Å². The fourth-order valence-electron chi connectivity index (χ4n) is 2.73. The standard InChI is InChI=1S/C20H21ClN4O2S/c1-3-7-17(19(26)27-4-2)28-20-24-23-18(14-8-6-11-22-13-14)25(20)16-10-5-9-15(21)12-16/h5-6,8-13,17H,3-4,7H2,1-2H3/t17-/m0/s1. The molecule has 1 atom stereocenters. The summed E-state index contributed by atoms with van der Waals surface area (Å²) in [6.45, 7) is 4.19. The van der Waals surface area contributed by atoms with Crippen LogP contribution in [-0.2, 0) is 9.53 Å². The van der Waals surface area contributed by atoms with E-state index in [0.717, 1.165) is 17.7 Å². The number of halogens is 1. The molecule has 3 aromatic rings. The molecule has 2 heterocycles. The van der Waals surface area contributed by atoms with Crippen LogP contribution in [-0.4, -0.2) is 37.6 Å². The molecule has 0 N–H and O–H groups in total. The maximum atomic E-state index is 12.4. The van der Waals surface area contributed by atoms with Gasteiger partial charge in [0.15, 0.2) is 11.0 Å². The van der Waals surface area contributed by atoms with Crippen LogP contribution in [0.4, 0.5) is 0 Å². The first kappa shape index (κ1) is 20.4. The normalized spacial score (nSPS) is 12.0. The minimum absolute atomic E-state index is 0.238. The van der Waals surface area contributed by atoms with Crippen LogP contribution in [0.1, 0.15) is 26.7 Å². The van der Waals surface area contributed by atoms with Crippen molar-refractivity contribution in [1.29, 1.82) is 0 Å². The summed E-state index contributed by atoms with van der Waals surface area (Å²) in [6, 6.07) is 11.2. The Morgan fingerprint density at radius 1 is 1.25 bits per heavy atom. The lowest BCUT2D eigenvalue weighted by Crippen LogP contribution is -2.20. The number of ether oxygens (including phenoxy) is 1. The molecule has 0 amide bonds. The van der Waals surface area contributed by atoms with Crippen molar-refractivity contribution in [3.8, 4) is 17.1 Å². The van der Waals surface area contributed by atoms with Gasteiger partial charge >= 0.3 is 5.97 Å². The Balaban J connectivity index is 2.06. The van der Waals surface area contributed by atoms with Gasteiger partial charge in [-0.15, -0.1) is 10.2 Å². The summed E-state index contributed by atoms with van der Waals surface area (Å²) in [4.78, 5) is 16.6. The number of esters is 1. The average Bonchev–Trinajstić information content (AvgIpc) is 3.12. The topological polar surface area (TPSA) is 69.9 Å². The third-order valence-electron chi connectivity index (χ3n) is 3.97. The zero-order chi connectivity index (χ0) is 19.9. The number of benzene rings is 1. The molecule has 0 aliphatic carbocycles. The van der Waals surface area contributed by atoms with Crippen LogP contribution in [0.3, 0.4) is 0 Å². The third kappa shape index (κ3) is 4.72. The highest BCUT2D eigenvalue weighted by molar-refractivity contribution is 8.00. The predicted molar refractivity (Wildman–Crippen MR) is 111 cm³/mol. The van der Waals surface area contributed by atoms with Crippen molar-refractivity contribution >= 4 is 29.3 Å². The first-order valence-electron chi connectivity index (χ1n) is 9.09. The highest BCUT2D eigenvalue weighted by atomic mass is 35.5. The van der Waals surface area contributed by atoms with Gasteiger partial charge in [0.2, 0.25) is 0 Å². The Bertz CT molecular complexity index is 933. The number of carbonyl (C=O) groups is 1. The van der Waals surface area contributed by atoms with E-state index in [9.17, 15) is 4.79 Å². The van der Waals surface area contributed by atoms with E-state index in [2.05, 4.69) is 15.2 Å². The number of hydrogen-bond acceptors (Lipinski definition) is 6. The zero-order valence-electron chi connectivity index (χ0n) is 15.7. The molecule has 0 unspecified atom stereocenters. The SMILES string of the molecule is CCC[C@H](Sc1nnc(-c2cccnc2)n1-c1cccc(Cl)c1)C(=O)OCC. The molecule has 1 aromatic carbocycles. The Labute approximate surface area is 173 Å². The average molecular weight is 417 g/mol. The number of hydrogen-bond donors (Lipinski definition) is 0. The fraction of sp³-hybridized carbons (Fsp3) is 0.300. The molecule has 0 saturated heterocycles. The van der Waals surface area contributed by atoms with Crippen LogP contribution < -0.4 is 0 Å². The molecule has 0 spiro atoms. The molecule has 28 heavy (non-hydrogen) atoms. The van der Waals surface area contributed by atoms with Gasteiger partial charge in [-0.3, -0.25) is 14.3 Å². The van der Waals surface area contributed by atoms with Crippen molar-refractivity contribution in [2.75, 3.05) is 6.61 Å². The quantitative estimate of drug-likeness (QED) is 0.387. The Hall–Kier alpha value is -2.38. The van der Waals surface area contributed by atoms with Gasteiger partial charge in [0, 0.05) is 23.0 Å². The molecule has 0 aliphatic heterocycles. The van der Waals surface area contributed by atoms with Crippen molar-refractivity contribution in [3.63, 3.8) is 0 Å². The first-order chi connectivity index (χ1) is 13.6. The van der Waals surface area contributed by atoms with Gasteiger partial charge in [0.05, 0.1) is 12.3 Å². The van der Waals surface area contributed by atoms with E-state index in [1.54, 1.807) is 19.3 Å². The summed E-state index contributed by atoms with van der Waals surface area (Å²) in [5.74, 6) is 0.398. The molecule has 0 radical (unpaired) electrons. The summed E-state index contributed by atoms with van der Waals surface area (Å²) in [6.07, 6.45) is 4.98. The van der Waals surface area contributed by atoms with E-state index in [1.807, 2.05) is 47.9 Å². The maximum absolute atomic E-state index is 12.4. The smallest absolute Gasteiger partial charge is 0.319 e. The van der Waals surface area contributed by atoms with Crippen LogP contribution in [0.2, 0.25) is 5.02 Å². The highest BCUT2D eigenvalue weighted by Crippen LogP contribution is 2.32. The van der Waals surface area contributed by atoms with Crippen molar-refractivity contribution in [3.05, 3.63) is 53.8 Å². The largest absolute Gasteiger partial charge is 0.465 e. The van der Waals surface area contributed by atoms with Crippen LogP contribution in [0.25, 0.3) is 17.1 Å². The van der Waals surface area contributed by atoms with Crippen LogP contribution in [0.15, 0.2) is 53.9 Å². The third-order valence-corrected chi connectivity index (χ3v) is 5.39. The van der Waals surface area contributed by atoms with Gasteiger partial charge in [0.1, 0.15) is 5.25 Å². The second-order valence-electron chi connectivity index (χ2n) is 6.01. The summed E-state index contributed by atoms with van der Waals surface area (Å²) >= 11 is 7.57. The molecular formula is C20H21ClN4O2S. The number of rotatable bonds is 8. The van der Waals surface area contributed by atoms with Gasteiger partial charge in [-0.2, -0.15) is 0 Å². The van der Waals surface area contributed by atoms with Gasteiger partial charge in [-0.05, 0) is 43.7 Å². The number of nitrogens with zero attached hydrogens (tertiary/aromatic N) is 4. The van der Waals surface area contributed by atoms with E-state index in [1.165, 1.54) is 11.8 Å². The molecule has 0 aliphatic rings. The fourth-order valence-corrected chi connectivity index (χ4v) is 4.07. The molecule has 6 nitrogen and oxygen atoms in total. The van der Waals surface area contributed by atoms with Crippen molar-refractivity contribution < 1.29 is 9.53 Å². The number of pyridine rings is 1. The Kier molecular flexibility index (Phi) is 7.06. The highest BCUT2D eigenvalue weighted by Gasteiger charge is 2.25. The second kappa shape index (κ2) is 9.71. The molecule has 146 valence electrons. The Morgan fingerprint density at radius 2 is 2.11 bits per heavy atom. The van der Waals surface area contributed by atoms with Crippen molar-refractivity contribution in [1.82, 2.24) is 19.7 Å². The first-order valence-corrected chi connectivity index (χ1v) is 10.3. The molecular weight excluding hydrogens is 396 g/mol. The molecule has 0 bridgehead atoms. The lowest BCUT2D eigenvalue weighted by Gasteiger charge is -2.15. The summed E-state index contributed by atoms with van der Waals surface area (Å²) < 4.78 is 7.13. The monoisotopic (exact) mass is 416 g/mol. The van der Waals surface area contributed by atoms with E-state index in [4.69, 9.17) is 16.3 Å². The predicted octanol–water partition coefficient (Wildman–Crippen LogP) is 4.81. The van der Waals surface area contributed by atoms with Gasteiger partial charge < -0.3 is 4.74 Å².